The number of hydrogen-bond acceptors (Lipinski definition) is 3. The summed E-state index contributed by atoms with van der Waals surface area (Å²) < 4.78 is 1.95. The summed E-state index contributed by atoms with van der Waals surface area (Å²) in [4.78, 5) is 37.5. The lowest BCUT2D eigenvalue weighted by atomic mass is 10.1. The molecule has 4 amide bonds. The van der Waals surface area contributed by atoms with Crippen molar-refractivity contribution in [3.8, 4) is 0 Å². The van der Waals surface area contributed by atoms with Gasteiger partial charge in [0.15, 0.2) is 0 Å². The number of aromatic nitrogens is 1. The lowest BCUT2D eigenvalue weighted by Gasteiger charge is -2.13. The predicted molar refractivity (Wildman–Crippen MR) is 91.4 cm³/mol. The molecule has 2 aromatic rings. The first-order valence-electron chi connectivity index (χ1n) is 8.17. The van der Waals surface area contributed by atoms with Gasteiger partial charge in [0.2, 0.25) is 5.91 Å². The molecule has 1 fully saturated rings. The molecular formula is C18H20N4O3. The molecule has 1 aliphatic heterocycles. The quantitative estimate of drug-likeness (QED) is 0.741. The number of hydrogen-bond donors (Lipinski definition) is 2. The Labute approximate surface area is 145 Å². The molecule has 3 rings (SSSR count). The Bertz CT molecular complexity index is 743. The first-order valence-corrected chi connectivity index (χ1v) is 8.17. The maximum atomic E-state index is 12.4. The van der Waals surface area contributed by atoms with Gasteiger partial charge in [0.05, 0.1) is 13.0 Å². The molecule has 1 aromatic carbocycles. The van der Waals surface area contributed by atoms with Crippen molar-refractivity contribution in [2.75, 3.05) is 6.54 Å². The van der Waals surface area contributed by atoms with Crippen molar-refractivity contribution in [3.05, 3.63) is 60.4 Å². The fourth-order valence-corrected chi connectivity index (χ4v) is 2.73. The summed E-state index contributed by atoms with van der Waals surface area (Å²) in [6.45, 7) is 1.33. The largest absolute Gasteiger partial charge is 0.354 e. The van der Waals surface area contributed by atoms with Crippen LogP contribution >= 0.6 is 0 Å². The van der Waals surface area contributed by atoms with E-state index in [0.29, 0.717) is 13.1 Å². The third kappa shape index (κ3) is 4.26. The summed E-state index contributed by atoms with van der Waals surface area (Å²) in [5.74, 6) is -0.623. The van der Waals surface area contributed by atoms with Crippen LogP contribution in [0, 0.1) is 0 Å². The summed E-state index contributed by atoms with van der Waals surface area (Å²) in [5.41, 5.74) is 0.864. The van der Waals surface area contributed by atoms with Gasteiger partial charge in [0, 0.05) is 25.5 Å². The fourth-order valence-electron chi connectivity index (χ4n) is 2.73. The molecule has 2 N–H and O–H groups in total. The van der Waals surface area contributed by atoms with Crippen LogP contribution in [-0.4, -0.2) is 39.9 Å². The van der Waals surface area contributed by atoms with Crippen LogP contribution in [0.25, 0.3) is 0 Å². The van der Waals surface area contributed by atoms with Crippen LogP contribution in [0.2, 0.25) is 0 Å². The second-order valence-electron chi connectivity index (χ2n) is 5.89. The number of carbonyl (C=O) groups excluding carboxylic acids is 3. The Morgan fingerprint density at radius 3 is 2.52 bits per heavy atom. The van der Waals surface area contributed by atoms with Crippen molar-refractivity contribution >= 4 is 17.8 Å². The van der Waals surface area contributed by atoms with Gasteiger partial charge in [-0.1, -0.05) is 30.3 Å². The molecule has 130 valence electrons. The maximum Gasteiger partial charge on any atom is 0.325 e. The van der Waals surface area contributed by atoms with E-state index < -0.39 is 12.1 Å². The van der Waals surface area contributed by atoms with Crippen molar-refractivity contribution in [2.45, 2.75) is 25.6 Å². The van der Waals surface area contributed by atoms with Crippen molar-refractivity contribution in [3.63, 3.8) is 0 Å². The van der Waals surface area contributed by atoms with E-state index in [1.807, 2.05) is 59.4 Å². The smallest absolute Gasteiger partial charge is 0.325 e. The van der Waals surface area contributed by atoms with E-state index in [9.17, 15) is 14.4 Å². The first kappa shape index (κ1) is 16.8. The molecule has 1 saturated heterocycles. The summed E-state index contributed by atoms with van der Waals surface area (Å²) in [5, 5.41) is 5.35. The van der Waals surface area contributed by atoms with Gasteiger partial charge in [-0.3, -0.25) is 14.5 Å². The number of nitrogens with zero attached hydrogens (tertiary/aromatic N) is 2. The normalized spacial score (nSPS) is 16.8. The highest BCUT2D eigenvalue weighted by atomic mass is 16.2. The number of imide groups is 1. The Hall–Kier alpha value is -3.09. The van der Waals surface area contributed by atoms with E-state index in [1.54, 1.807) is 0 Å². The highest BCUT2D eigenvalue weighted by molar-refractivity contribution is 6.05. The lowest BCUT2D eigenvalue weighted by Crippen LogP contribution is -2.37. The minimum atomic E-state index is -0.803. The predicted octanol–water partition coefficient (Wildman–Crippen LogP) is 1.11. The van der Waals surface area contributed by atoms with E-state index in [2.05, 4.69) is 10.6 Å². The second kappa shape index (κ2) is 7.65. The Kier molecular flexibility index (Phi) is 5.13. The Morgan fingerprint density at radius 2 is 1.80 bits per heavy atom. The van der Waals surface area contributed by atoms with E-state index in [-0.39, 0.29) is 24.8 Å². The van der Waals surface area contributed by atoms with Crippen molar-refractivity contribution in [1.82, 2.24) is 20.1 Å². The van der Waals surface area contributed by atoms with Gasteiger partial charge in [-0.2, -0.15) is 0 Å². The third-order valence-electron chi connectivity index (χ3n) is 4.04. The summed E-state index contributed by atoms with van der Waals surface area (Å²) in [7, 11) is 0. The lowest BCUT2D eigenvalue weighted by molar-refractivity contribution is -0.131. The van der Waals surface area contributed by atoms with Crippen molar-refractivity contribution in [2.24, 2.45) is 0 Å². The Morgan fingerprint density at radius 1 is 1.08 bits per heavy atom. The molecule has 7 heteroatoms. The van der Waals surface area contributed by atoms with E-state index in [4.69, 9.17) is 0 Å². The van der Waals surface area contributed by atoms with Crippen molar-refractivity contribution in [1.29, 1.82) is 0 Å². The molecule has 1 aliphatic rings. The monoisotopic (exact) mass is 340 g/mol. The molecule has 1 aromatic heterocycles. The number of carbonyl (C=O) groups is 3. The first-order chi connectivity index (χ1) is 12.1. The van der Waals surface area contributed by atoms with Crippen molar-refractivity contribution < 1.29 is 14.4 Å². The van der Waals surface area contributed by atoms with Crippen LogP contribution in [0.3, 0.4) is 0 Å². The molecule has 2 heterocycles. The highest BCUT2D eigenvalue weighted by Crippen LogP contribution is 2.13. The number of amides is 4. The van der Waals surface area contributed by atoms with Crippen LogP contribution in [0.4, 0.5) is 4.79 Å². The van der Waals surface area contributed by atoms with Gasteiger partial charge in [-0.05, 0) is 17.7 Å². The zero-order valence-electron chi connectivity index (χ0n) is 13.7. The molecule has 0 spiro atoms. The average Bonchev–Trinajstić information content (AvgIpc) is 3.20. The molecule has 0 bridgehead atoms. The van der Waals surface area contributed by atoms with Gasteiger partial charge in [0.25, 0.3) is 5.91 Å². The number of urea groups is 1. The van der Waals surface area contributed by atoms with Crippen LogP contribution in [0.5, 0.6) is 0 Å². The molecule has 0 radical (unpaired) electrons. The Balaban J connectivity index is 1.48. The minimum absolute atomic E-state index is 0.0540. The molecule has 0 saturated carbocycles. The highest BCUT2D eigenvalue weighted by Gasteiger charge is 2.38. The summed E-state index contributed by atoms with van der Waals surface area (Å²) in [6.07, 6.45) is 3.77. The number of rotatable bonds is 7. The van der Waals surface area contributed by atoms with Gasteiger partial charge >= 0.3 is 6.03 Å². The topological polar surface area (TPSA) is 83.4 Å². The average molecular weight is 340 g/mol. The SMILES string of the molecule is O=C(C[C@@H]1NC(=O)N(Cc2ccccc2)C1=O)NCCn1cccc1. The van der Waals surface area contributed by atoms with E-state index >= 15 is 0 Å². The van der Waals surface area contributed by atoms with E-state index in [0.717, 1.165) is 10.5 Å². The molecule has 0 aliphatic carbocycles. The number of nitrogens with one attached hydrogen (secondary N) is 2. The summed E-state index contributed by atoms with van der Waals surface area (Å²) in [6, 6.07) is 11.8. The standard InChI is InChI=1S/C18H20N4O3/c23-16(19-8-11-21-9-4-5-10-21)12-15-17(24)22(18(25)20-15)13-14-6-2-1-3-7-14/h1-7,9-10,15H,8,11-13H2,(H,19,23)(H,20,25)/t15-/m0/s1. The van der Waals surface area contributed by atoms with Gasteiger partial charge in [0.1, 0.15) is 6.04 Å². The van der Waals surface area contributed by atoms with Crippen LogP contribution < -0.4 is 10.6 Å². The molecule has 1 atom stereocenters. The zero-order valence-corrected chi connectivity index (χ0v) is 13.7. The fraction of sp³-hybridized carbons (Fsp3) is 0.278. The van der Waals surface area contributed by atoms with Crippen LogP contribution in [0.1, 0.15) is 12.0 Å². The zero-order chi connectivity index (χ0) is 17.6. The maximum absolute atomic E-state index is 12.4. The van der Waals surface area contributed by atoms with Gasteiger partial charge in [-0.15, -0.1) is 0 Å². The van der Waals surface area contributed by atoms with Crippen LogP contribution in [0.15, 0.2) is 54.9 Å². The van der Waals surface area contributed by atoms with Gasteiger partial charge in [-0.25, -0.2) is 4.79 Å². The van der Waals surface area contributed by atoms with E-state index in [1.165, 1.54) is 0 Å². The second-order valence-corrected chi connectivity index (χ2v) is 5.89. The molecule has 0 unspecified atom stereocenters. The minimum Gasteiger partial charge on any atom is -0.354 e. The molecule has 25 heavy (non-hydrogen) atoms. The van der Waals surface area contributed by atoms with Crippen LogP contribution in [-0.2, 0) is 22.7 Å². The number of benzene rings is 1. The van der Waals surface area contributed by atoms with Gasteiger partial charge < -0.3 is 15.2 Å². The molecule has 7 nitrogen and oxygen atoms in total. The third-order valence-corrected chi connectivity index (χ3v) is 4.04. The summed E-state index contributed by atoms with van der Waals surface area (Å²) >= 11 is 0. The molecular weight excluding hydrogens is 320 g/mol.